The number of halogens is 3. The fourth-order valence-corrected chi connectivity index (χ4v) is 4.49. The lowest BCUT2D eigenvalue weighted by atomic mass is 10.0. The molecule has 2 amide bonds. The Bertz CT molecular complexity index is 1600. The van der Waals surface area contributed by atoms with Gasteiger partial charge in [0.2, 0.25) is 5.91 Å². The van der Waals surface area contributed by atoms with Gasteiger partial charge in [0.25, 0.3) is 5.91 Å². The Morgan fingerprint density at radius 2 is 1.47 bits per heavy atom. The van der Waals surface area contributed by atoms with E-state index >= 15 is 0 Å². The van der Waals surface area contributed by atoms with E-state index in [-0.39, 0.29) is 29.1 Å². The van der Waals surface area contributed by atoms with Crippen molar-refractivity contribution < 1.29 is 37.4 Å². The fourth-order valence-electron chi connectivity index (χ4n) is 4.49. The largest absolute Gasteiger partial charge is 0.497 e. The van der Waals surface area contributed by atoms with Crippen LogP contribution in [0.1, 0.15) is 32.6 Å². The number of carbonyl (C=O) groups is 3. The molecule has 222 valence electrons. The highest BCUT2D eigenvalue weighted by Crippen LogP contribution is 2.34. The summed E-state index contributed by atoms with van der Waals surface area (Å²) in [6, 6.07) is 24.6. The van der Waals surface area contributed by atoms with E-state index in [1.807, 2.05) is 55.5 Å². The van der Waals surface area contributed by atoms with Gasteiger partial charge in [-0.05, 0) is 65.6 Å². The number of nitrogens with zero attached hydrogens (tertiary/aromatic N) is 1. The van der Waals surface area contributed by atoms with Crippen molar-refractivity contribution in [2.45, 2.75) is 26.1 Å². The highest BCUT2D eigenvalue weighted by atomic mass is 19.4. The molecule has 0 aromatic heterocycles. The lowest BCUT2D eigenvalue weighted by Crippen LogP contribution is -2.35. The van der Waals surface area contributed by atoms with Gasteiger partial charge in [0.15, 0.2) is 0 Å². The Balaban J connectivity index is 1.43. The molecule has 4 aromatic carbocycles. The number of alkyl halides is 3. The third-order valence-electron chi connectivity index (χ3n) is 6.71. The Labute approximate surface area is 246 Å². The third-order valence-corrected chi connectivity index (χ3v) is 6.71. The minimum absolute atomic E-state index is 0.0212. The van der Waals surface area contributed by atoms with E-state index < -0.39 is 42.5 Å². The predicted molar refractivity (Wildman–Crippen MR) is 156 cm³/mol. The second kappa shape index (κ2) is 13.2. The number of methoxy groups -OCH3 is 1. The standard InChI is InChI=1S/C33H29F3N2O5/c1-21-3-7-23(8-4-21)24-9-5-22(6-10-24)19-38(20-31(40)41)32(42)25-11-14-27(15-12-25)37-30(39)17-26-13-16-28(43-2)18-29(26)33(34,35)36/h3-16,18H,17,19-20H2,1-2H3,(H,37,39)(H,40,41). The van der Waals surface area contributed by atoms with Gasteiger partial charge in [-0.25, -0.2) is 0 Å². The van der Waals surface area contributed by atoms with Gasteiger partial charge in [0, 0.05) is 17.8 Å². The van der Waals surface area contributed by atoms with Crippen LogP contribution in [0.3, 0.4) is 0 Å². The number of anilines is 1. The molecular weight excluding hydrogens is 561 g/mol. The molecule has 0 bridgehead atoms. The summed E-state index contributed by atoms with van der Waals surface area (Å²) in [5, 5.41) is 11.9. The van der Waals surface area contributed by atoms with Crippen molar-refractivity contribution >= 4 is 23.5 Å². The number of rotatable bonds is 10. The number of hydrogen-bond donors (Lipinski definition) is 2. The number of amides is 2. The van der Waals surface area contributed by atoms with Crippen molar-refractivity contribution in [1.82, 2.24) is 4.90 Å². The number of benzene rings is 4. The minimum atomic E-state index is -4.67. The SMILES string of the molecule is COc1ccc(CC(=O)Nc2ccc(C(=O)N(CC(=O)O)Cc3ccc(-c4ccc(C)cc4)cc3)cc2)c(C(F)(F)F)c1. The molecule has 0 heterocycles. The molecule has 7 nitrogen and oxygen atoms in total. The molecule has 0 fully saturated rings. The average molecular weight is 591 g/mol. The summed E-state index contributed by atoms with van der Waals surface area (Å²) in [4.78, 5) is 38.5. The Morgan fingerprint density at radius 3 is 2.02 bits per heavy atom. The van der Waals surface area contributed by atoms with E-state index in [2.05, 4.69) is 5.32 Å². The van der Waals surface area contributed by atoms with Crippen molar-refractivity contribution in [3.63, 3.8) is 0 Å². The predicted octanol–water partition coefficient (Wildman–Crippen LogP) is 6.60. The number of aliphatic carboxylic acids is 1. The summed E-state index contributed by atoms with van der Waals surface area (Å²) in [6.45, 7) is 1.53. The maximum atomic E-state index is 13.5. The fraction of sp³-hybridized carbons (Fsp3) is 0.182. The molecule has 0 spiro atoms. The van der Waals surface area contributed by atoms with Crippen LogP contribution >= 0.6 is 0 Å². The van der Waals surface area contributed by atoms with Crippen LogP contribution in [0.5, 0.6) is 5.75 Å². The molecule has 0 unspecified atom stereocenters. The lowest BCUT2D eigenvalue weighted by Gasteiger charge is -2.21. The first-order chi connectivity index (χ1) is 20.4. The molecule has 0 aliphatic heterocycles. The van der Waals surface area contributed by atoms with Crippen molar-refractivity contribution in [1.29, 1.82) is 0 Å². The summed E-state index contributed by atoms with van der Waals surface area (Å²) in [7, 11) is 1.25. The van der Waals surface area contributed by atoms with Gasteiger partial charge in [0.1, 0.15) is 12.3 Å². The number of nitrogens with one attached hydrogen (secondary N) is 1. The normalized spacial score (nSPS) is 11.1. The molecule has 4 rings (SSSR count). The Hall–Kier alpha value is -5.12. The number of ether oxygens (including phenoxy) is 1. The Morgan fingerprint density at radius 1 is 0.860 bits per heavy atom. The van der Waals surface area contributed by atoms with E-state index in [1.165, 1.54) is 48.4 Å². The van der Waals surface area contributed by atoms with E-state index in [0.717, 1.165) is 28.3 Å². The minimum Gasteiger partial charge on any atom is -0.497 e. The van der Waals surface area contributed by atoms with Crippen LogP contribution in [0.25, 0.3) is 11.1 Å². The second-order valence-electron chi connectivity index (χ2n) is 9.94. The average Bonchev–Trinajstić information content (AvgIpc) is 2.97. The molecule has 0 radical (unpaired) electrons. The molecule has 4 aromatic rings. The molecule has 0 saturated carbocycles. The topological polar surface area (TPSA) is 95.9 Å². The highest BCUT2D eigenvalue weighted by Gasteiger charge is 2.34. The van der Waals surface area contributed by atoms with E-state index in [4.69, 9.17) is 4.74 Å². The first-order valence-corrected chi connectivity index (χ1v) is 13.2. The first-order valence-electron chi connectivity index (χ1n) is 13.2. The Kier molecular flexibility index (Phi) is 9.49. The van der Waals surface area contributed by atoms with Crippen LogP contribution in [0.15, 0.2) is 91.0 Å². The molecular formula is C33H29F3N2O5. The van der Waals surface area contributed by atoms with Gasteiger partial charge in [-0.3, -0.25) is 14.4 Å². The first kappa shape index (κ1) is 30.8. The number of aryl methyl sites for hydroxylation is 1. The van der Waals surface area contributed by atoms with Crippen LogP contribution < -0.4 is 10.1 Å². The molecule has 43 heavy (non-hydrogen) atoms. The van der Waals surface area contributed by atoms with Crippen molar-refractivity contribution in [2.75, 3.05) is 19.0 Å². The summed E-state index contributed by atoms with van der Waals surface area (Å²) >= 11 is 0. The summed E-state index contributed by atoms with van der Waals surface area (Å²) < 4.78 is 45.3. The highest BCUT2D eigenvalue weighted by molar-refractivity contribution is 5.97. The van der Waals surface area contributed by atoms with E-state index in [1.54, 1.807) is 0 Å². The summed E-state index contributed by atoms with van der Waals surface area (Å²) in [5.41, 5.74) is 3.18. The maximum absolute atomic E-state index is 13.5. The number of carbonyl (C=O) groups excluding carboxylic acids is 2. The summed E-state index contributed by atoms with van der Waals surface area (Å²) in [6.07, 6.45) is -5.20. The summed E-state index contributed by atoms with van der Waals surface area (Å²) in [5.74, 6) is -2.37. The quantitative estimate of drug-likeness (QED) is 0.217. The third kappa shape index (κ3) is 8.22. The van der Waals surface area contributed by atoms with Gasteiger partial charge in [0.05, 0.1) is 19.1 Å². The van der Waals surface area contributed by atoms with Gasteiger partial charge in [-0.1, -0.05) is 60.2 Å². The number of carboxylic acid groups (broad SMARTS) is 1. The van der Waals surface area contributed by atoms with Crippen LogP contribution in [-0.2, 0) is 28.7 Å². The van der Waals surface area contributed by atoms with Crippen LogP contribution in [0.2, 0.25) is 0 Å². The monoisotopic (exact) mass is 590 g/mol. The van der Waals surface area contributed by atoms with Crippen LogP contribution in [0.4, 0.5) is 18.9 Å². The molecule has 2 N–H and O–H groups in total. The van der Waals surface area contributed by atoms with Crippen LogP contribution in [-0.4, -0.2) is 41.4 Å². The van der Waals surface area contributed by atoms with E-state index in [0.29, 0.717) is 0 Å². The van der Waals surface area contributed by atoms with Gasteiger partial charge >= 0.3 is 12.1 Å². The molecule has 0 aliphatic rings. The lowest BCUT2D eigenvalue weighted by molar-refractivity contribution is -0.139. The number of hydrogen-bond acceptors (Lipinski definition) is 4. The second-order valence-corrected chi connectivity index (χ2v) is 9.94. The van der Waals surface area contributed by atoms with Crippen molar-refractivity contribution in [2.24, 2.45) is 0 Å². The van der Waals surface area contributed by atoms with Gasteiger partial charge in [-0.15, -0.1) is 0 Å². The molecule has 10 heteroatoms. The smallest absolute Gasteiger partial charge is 0.416 e. The zero-order valence-corrected chi connectivity index (χ0v) is 23.4. The molecule has 0 atom stereocenters. The maximum Gasteiger partial charge on any atom is 0.416 e. The molecule has 0 aliphatic carbocycles. The van der Waals surface area contributed by atoms with Crippen LogP contribution in [0, 0.1) is 6.92 Å². The van der Waals surface area contributed by atoms with Crippen molar-refractivity contribution in [3.8, 4) is 16.9 Å². The zero-order chi connectivity index (χ0) is 31.1. The van der Waals surface area contributed by atoms with Crippen molar-refractivity contribution in [3.05, 3.63) is 119 Å². The van der Waals surface area contributed by atoms with Gasteiger partial charge < -0.3 is 20.1 Å². The number of carboxylic acids is 1. The van der Waals surface area contributed by atoms with E-state index in [9.17, 15) is 32.7 Å². The molecule has 0 saturated heterocycles. The zero-order valence-electron chi connectivity index (χ0n) is 23.4. The van der Waals surface area contributed by atoms with Gasteiger partial charge in [-0.2, -0.15) is 13.2 Å².